The zero-order chi connectivity index (χ0) is 19.5. The fourth-order valence-corrected chi connectivity index (χ4v) is 3.45. The molecule has 2 aromatic carbocycles. The molecule has 0 aromatic heterocycles. The first-order valence-corrected chi connectivity index (χ1v) is 9.24. The van der Waals surface area contributed by atoms with Gasteiger partial charge < -0.3 is 24.4 Å². The lowest BCUT2D eigenvalue weighted by Crippen LogP contribution is -2.34. The number of fused-ring (bicyclic) bond motifs is 1. The number of ether oxygens (including phenoxy) is 3. The highest BCUT2D eigenvalue weighted by atomic mass is 16.7. The fraction of sp³-hybridized carbons (Fsp3) is 0.333. The number of nitrogens with one attached hydrogen (secondary N) is 1. The summed E-state index contributed by atoms with van der Waals surface area (Å²) in [5, 5.41) is 2.94. The first-order chi connectivity index (χ1) is 13.6. The zero-order valence-corrected chi connectivity index (χ0v) is 15.6. The van der Waals surface area contributed by atoms with E-state index in [1.165, 1.54) is 0 Å². The summed E-state index contributed by atoms with van der Waals surface area (Å²) in [6.45, 7) is 1.08. The molecule has 0 radical (unpaired) electrons. The maximum Gasteiger partial charge on any atom is 0.231 e. The number of carbonyl (C=O) groups excluding carboxylic acids is 2. The Balaban J connectivity index is 1.31. The Kier molecular flexibility index (Phi) is 5.06. The molecular weight excluding hydrogens is 360 g/mol. The molecule has 2 heterocycles. The molecule has 1 N–H and O–H groups in total. The highest BCUT2D eigenvalue weighted by molar-refractivity contribution is 6.00. The van der Waals surface area contributed by atoms with E-state index in [4.69, 9.17) is 14.2 Å². The van der Waals surface area contributed by atoms with Crippen LogP contribution in [0.25, 0.3) is 0 Å². The molecule has 146 valence electrons. The number of anilines is 1. The van der Waals surface area contributed by atoms with Gasteiger partial charge in [-0.3, -0.25) is 9.59 Å². The molecule has 0 saturated carbocycles. The van der Waals surface area contributed by atoms with Gasteiger partial charge in [-0.2, -0.15) is 0 Å². The van der Waals surface area contributed by atoms with Gasteiger partial charge in [-0.1, -0.05) is 12.1 Å². The molecule has 7 nitrogen and oxygen atoms in total. The number of amides is 2. The summed E-state index contributed by atoms with van der Waals surface area (Å²) < 4.78 is 15.8. The smallest absolute Gasteiger partial charge is 0.231 e. The van der Waals surface area contributed by atoms with E-state index in [0.717, 1.165) is 23.4 Å². The van der Waals surface area contributed by atoms with Gasteiger partial charge in [0.05, 0.1) is 13.0 Å². The molecule has 2 aliphatic heterocycles. The van der Waals surface area contributed by atoms with Crippen molar-refractivity contribution in [3.05, 3.63) is 48.0 Å². The summed E-state index contributed by atoms with van der Waals surface area (Å²) in [6.07, 6.45) is 0.936. The SMILES string of the molecule is COc1ccc(CCNC(=O)C2CC(=O)N(c3ccc4c(c3)OCO4)C2)cc1. The molecule has 4 rings (SSSR count). The summed E-state index contributed by atoms with van der Waals surface area (Å²) in [5.41, 5.74) is 1.84. The fourth-order valence-electron chi connectivity index (χ4n) is 3.45. The van der Waals surface area contributed by atoms with Crippen LogP contribution in [0.5, 0.6) is 17.2 Å². The van der Waals surface area contributed by atoms with Crippen molar-refractivity contribution < 1.29 is 23.8 Å². The quantitative estimate of drug-likeness (QED) is 0.828. The summed E-state index contributed by atoms with van der Waals surface area (Å²) in [5.74, 6) is 1.59. The second-order valence-electron chi connectivity index (χ2n) is 6.83. The molecule has 1 unspecified atom stereocenters. The van der Waals surface area contributed by atoms with Crippen molar-refractivity contribution in [1.29, 1.82) is 0 Å². The van der Waals surface area contributed by atoms with Crippen molar-refractivity contribution >= 4 is 17.5 Å². The first kappa shape index (κ1) is 18.2. The minimum absolute atomic E-state index is 0.0610. The first-order valence-electron chi connectivity index (χ1n) is 9.24. The molecule has 0 bridgehead atoms. The molecule has 0 spiro atoms. The number of hydrogen-bond donors (Lipinski definition) is 1. The molecule has 2 amide bonds. The highest BCUT2D eigenvalue weighted by Gasteiger charge is 2.35. The van der Waals surface area contributed by atoms with Crippen molar-refractivity contribution in [2.45, 2.75) is 12.8 Å². The molecule has 2 aromatic rings. The van der Waals surface area contributed by atoms with E-state index < -0.39 is 0 Å². The number of methoxy groups -OCH3 is 1. The van der Waals surface area contributed by atoms with Crippen LogP contribution in [0, 0.1) is 5.92 Å². The molecular formula is C21H22N2O5. The van der Waals surface area contributed by atoms with Crippen molar-refractivity contribution in [3.63, 3.8) is 0 Å². The number of nitrogens with zero attached hydrogens (tertiary/aromatic N) is 1. The lowest BCUT2D eigenvalue weighted by Gasteiger charge is -2.17. The maximum atomic E-state index is 12.5. The Hall–Kier alpha value is -3.22. The van der Waals surface area contributed by atoms with Crippen LogP contribution in [0.15, 0.2) is 42.5 Å². The summed E-state index contributed by atoms with van der Waals surface area (Å²) >= 11 is 0. The van der Waals surface area contributed by atoms with E-state index in [0.29, 0.717) is 24.6 Å². The van der Waals surface area contributed by atoms with Gasteiger partial charge >= 0.3 is 0 Å². The average molecular weight is 382 g/mol. The third-order valence-electron chi connectivity index (χ3n) is 5.04. The number of benzene rings is 2. The van der Waals surface area contributed by atoms with Crippen LogP contribution in [-0.2, 0) is 16.0 Å². The molecule has 1 fully saturated rings. The molecule has 28 heavy (non-hydrogen) atoms. The summed E-state index contributed by atoms with van der Waals surface area (Å²) in [7, 11) is 1.63. The second kappa shape index (κ2) is 7.80. The van der Waals surface area contributed by atoms with Gasteiger partial charge in [0, 0.05) is 31.3 Å². The standard InChI is InChI=1S/C21H22N2O5/c1-26-17-5-2-14(3-6-17)8-9-22-21(25)15-10-20(24)23(12-15)16-4-7-18-19(11-16)28-13-27-18/h2-7,11,15H,8-10,12-13H2,1H3,(H,22,25). The molecule has 7 heteroatoms. The van der Waals surface area contributed by atoms with E-state index >= 15 is 0 Å². The third kappa shape index (κ3) is 3.74. The van der Waals surface area contributed by atoms with Crippen molar-refractivity contribution in [2.24, 2.45) is 5.92 Å². The number of carbonyl (C=O) groups is 2. The third-order valence-corrected chi connectivity index (χ3v) is 5.04. The second-order valence-corrected chi connectivity index (χ2v) is 6.83. The van der Waals surface area contributed by atoms with Gasteiger partial charge in [0.1, 0.15) is 5.75 Å². The van der Waals surface area contributed by atoms with Gasteiger partial charge in [0.25, 0.3) is 0 Å². The topological polar surface area (TPSA) is 77.1 Å². The molecule has 2 aliphatic rings. The lowest BCUT2D eigenvalue weighted by atomic mass is 10.1. The highest BCUT2D eigenvalue weighted by Crippen LogP contribution is 2.37. The predicted molar refractivity (Wildman–Crippen MR) is 103 cm³/mol. The van der Waals surface area contributed by atoms with Crippen LogP contribution in [0.1, 0.15) is 12.0 Å². The van der Waals surface area contributed by atoms with E-state index in [1.807, 2.05) is 30.3 Å². The maximum absolute atomic E-state index is 12.5. The number of hydrogen-bond acceptors (Lipinski definition) is 5. The van der Waals surface area contributed by atoms with Crippen LogP contribution < -0.4 is 24.4 Å². The Morgan fingerprint density at radius 3 is 2.75 bits per heavy atom. The van der Waals surface area contributed by atoms with E-state index in [9.17, 15) is 9.59 Å². The Bertz CT molecular complexity index is 881. The van der Waals surface area contributed by atoms with Gasteiger partial charge in [0.15, 0.2) is 11.5 Å². The lowest BCUT2D eigenvalue weighted by molar-refractivity contribution is -0.126. The normalized spacial score (nSPS) is 17.7. The molecule has 1 saturated heterocycles. The van der Waals surface area contributed by atoms with Crippen LogP contribution >= 0.6 is 0 Å². The van der Waals surface area contributed by atoms with Crippen molar-refractivity contribution in [2.75, 3.05) is 31.9 Å². The van der Waals surface area contributed by atoms with Crippen LogP contribution in [0.2, 0.25) is 0 Å². The van der Waals surface area contributed by atoms with Crippen LogP contribution in [-0.4, -0.2) is 38.8 Å². The van der Waals surface area contributed by atoms with Crippen molar-refractivity contribution in [1.82, 2.24) is 5.32 Å². The Morgan fingerprint density at radius 1 is 1.18 bits per heavy atom. The Morgan fingerprint density at radius 2 is 1.96 bits per heavy atom. The largest absolute Gasteiger partial charge is 0.497 e. The predicted octanol–water partition coefficient (Wildman–Crippen LogP) is 2.14. The molecule has 1 atom stereocenters. The van der Waals surface area contributed by atoms with E-state index in [1.54, 1.807) is 24.1 Å². The van der Waals surface area contributed by atoms with Crippen molar-refractivity contribution in [3.8, 4) is 17.2 Å². The van der Waals surface area contributed by atoms with E-state index in [2.05, 4.69) is 5.32 Å². The monoisotopic (exact) mass is 382 g/mol. The van der Waals surface area contributed by atoms with Crippen LogP contribution in [0.3, 0.4) is 0 Å². The average Bonchev–Trinajstić information content (AvgIpc) is 3.34. The zero-order valence-electron chi connectivity index (χ0n) is 15.6. The van der Waals surface area contributed by atoms with Crippen LogP contribution in [0.4, 0.5) is 5.69 Å². The Labute approximate surface area is 163 Å². The minimum atomic E-state index is -0.353. The van der Waals surface area contributed by atoms with Gasteiger partial charge in [0.2, 0.25) is 18.6 Å². The van der Waals surface area contributed by atoms with Gasteiger partial charge in [-0.25, -0.2) is 0 Å². The van der Waals surface area contributed by atoms with Gasteiger partial charge in [-0.05, 0) is 36.2 Å². The molecule has 0 aliphatic carbocycles. The summed E-state index contributed by atoms with van der Waals surface area (Å²) in [4.78, 5) is 26.5. The number of rotatable bonds is 6. The summed E-state index contributed by atoms with van der Waals surface area (Å²) in [6, 6.07) is 13.1. The van der Waals surface area contributed by atoms with E-state index in [-0.39, 0.29) is 30.9 Å². The van der Waals surface area contributed by atoms with Gasteiger partial charge in [-0.15, -0.1) is 0 Å². The minimum Gasteiger partial charge on any atom is -0.497 e.